The van der Waals surface area contributed by atoms with E-state index in [4.69, 9.17) is 19.9 Å². The van der Waals surface area contributed by atoms with Gasteiger partial charge in [-0.1, -0.05) is 42.5 Å². The van der Waals surface area contributed by atoms with Gasteiger partial charge in [-0.15, -0.1) is 0 Å². The Balaban J connectivity index is 1.61. The van der Waals surface area contributed by atoms with Crippen LogP contribution in [0, 0.1) is 0 Å². The van der Waals surface area contributed by atoms with Crippen molar-refractivity contribution in [3.8, 4) is 5.75 Å². The van der Waals surface area contributed by atoms with Crippen molar-refractivity contribution in [2.45, 2.75) is 18.8 Å². The van der Waals surface area contributed by atoms with Gasteiger partial charge in [0.15, 0.2) is 5.79 Å². The Bertz CT molecular complexity index is 602. The third kappa shape index (κ3) is 3.01. The maximum absolute atomic E-state index is 6.01. The molecule has 0 saturated carbocycles. The van der Waals surface area contributed by atoms with Crippen LogP contribution >= 0.6 is 0 Å². The fourth-order valence-corrected chi connectivity index (χ4v) is 2.41. The molecule has 0 radical (unpaired) electrons. The van der Waals surface area contributed by atoms with Crippen molar-refractivity contribution >= 4 is 5.69 Å². The second-order valence-corrected chi connectivity index (χ2v) is 5.21. The Hall–Kier alpha value is -2.04. The summed E-state index contributed by atoms with van der Waals surface area (Å²) in [5.74, 6) is -0.0354. The van der Waals surface area contributed by atoms with E-state index < -0.39 is 5.79 Å². The predicted molar refractivity (Wildman–Crippen MR) is 81.0 cm³/mol. The number of anilines is 1. The topological polar surface area (TPSA) is 53.7 Å². The van der Waals surface area contributed by atoms with Crippen LogP contribution in [0.2, 0.25) is 0 Å². The van der Waals surface area contributed by atoms with E-state index in [1.807, 2.05) is 61.5 Å². The van der Waals surface area contributed by atoms with Crippen molar-refractivity contribution in [1.82, 2.24) is 0 Å². The largest absolute Gasteiger partial charge is 0.489 e. The molecule has 2 aromatic carbocycles. The zero-order valence-corrected chi connectivity index (χ0v) is 12.0. The summed E-state index contributed by atoms with van der Waals surface area (Å²) in [4.78, 5) is 0. The summed E-state index contributed by atoms with van der Waals surface area (Å²) in [5.41, 5.74) is 7.49. The molecule has 2 atom stereocenters. The lowest BCUT2D eigenvalue weighted by Crippen LogP contribution is -2.26. The molecule has 1 fully saturated rings. The number of nitrogens with two attached hydrogens (primary N) is 1. The van der Waals surface area contributed by atoms with Gasteiger partial charge in [-0.05, 0) is 19.1 Å². The van der Waals surface area contributed by atoms with Crippen molar-refractivity contribution in [2.24, 2.45) is 0 Å². The van der Waals surface area contributed by atoms with Gasteiger partial charge in [0, 0.05) is 5.56 Å². The second kappa shape index (κ2) is 5.76. The number of rotatable bonds is 4. The Morgan fingerprint density at radius 3 is 2.62 bits per heavy atom. The van der Waals surface area contributed by atoms with E-state index in [-0.39, 0.29) is 6.10 Å². The maximum atomic E-state index is 6.01. The molecule has 1 saturated heterocycles. The van der Waals surface area contributed by atoms with Gasteiger partial charge in [0.2, 0.25) is 0 Å². The molecule has 0 aromatic heterocycles. The van der Waals surface area contributed by atoms with Crippen LogP contribution in [0.15, 0.2) is 54.6 Å². The first-order chi connectivity index (χ1) is 10.2. The summed E-state index contributed by atoms with van der Waals surface area (Å²) >= 11 is 0. The smallest absolute Gasteiger partial charge is 0.192 e. The van der Waals surface area contributed by atoms with Crippen LogP contribution in [0.4, 0.5) is 5.69 Å². The lowest BCUT2D eigenvalue weighted by atomic mass is 10.1. The number of ether oxygens (including phenoxy) is 3. The number of hydrogen-bond donors (Lipinski definition) is 1. The normalized spacial score (nSPS) is 24.9. The van der Waals surface area contributed by atoms with E-state index in [1.165, 1.54) is 0 Å². The highest BCUT2D eigenvalue weighted by atomic mass is 16.7. The molecule has 4 nitrogen and oxygen atoms in total. The Morgan fingerprint density at radius 1 is 1.14 bits per heavy atom. The SMILES string of the molecule is CC1(c2ccccc2)OCC(COc2ccccc2N)O1. The summed E-state index contributed by atoms with van der Waals surface area (Å²) < 4.78 is 17.6. The molecule has 4 heteroatoms. The highest BCUT2D eigenvalue weighted by Crippen LogP contribution is 2.34. The molecule has 1 aliphatic rings. The molecule has 2 aromatic rings. The lowest BCUT2D eigenvalue weighted by Gasteiger charge is -2.23. The monoisotopic (exact) mass is 285 g/mol. The zero-order valence-electron chi connectivity index (χ0n) is 12.0. The van der Waals surface area contributed by atoms with Crippen molar-refractivity contribution in [1.29, 1.82) is 0 Å². The molecule has 1 aliphatic heterocycles. The van der Waals surface area contributed by atoms with Gasteiger partial charge in [0.1, 0.15) is 18.5 Å². The Morgan fingerprint density at radius 2 is 1.86 bits per heavy atom. The highest BCUT2D eigenvalue weighted by Gasteiger charge is 2.39. The molecule has 21 heavy (non-hydrogen) atoms. The van der Waals surface area contributed by atoms with Crippen LogP contribution in [-0.2, 0) is 15.3 Å². The predicted octanol–water partition coefficient (Wildman–Crippen LogP) is 2.94. The third-order valence-electron chi connectivity index (χ3n) is 3.58. The third-order valence-corrected chi connectivity index (χ3v) is 3.58. The van der Waals surface area contributed by atoms with Crippen LogP contribution in [0.3, 0.4) is 0 Å². The van der Waals surface area contributed by atoms with Crippen LogP contribution in [0.1, 0.15) is 12.5 Å². The van der Waals surface area contributed by atoms with Gasteiger partial charge in [-0.25, -0.2) is 0 Å². The number of benzene rings is 2. The molecule has 1 heterocycles. The Kier molecular flexibility index (Phi) is 3.82. The van der Waals surface area contributed by atoms with Gasteiger partial charge in [0.05, 0.1) is 12.3 Å². The minimum atomic E-state index is -0.711. The van der Waals surface area contributed by atoms with Crippen molar-refractivity contribution < 1.29 is 14.2 Å². The summed E-state index contributed by atoms with van der Waals surface area (Å²) in [5, 5.41) is 0. The first kappa shape index (κ1) is 13.9. The molecule has 110 valence electrons. The van der Waals surface area contributed by atoms with E-state index in [1.54, 1.807) is 0 Å². The van der Waals surface area contributed by atoms with Gasteiger partial charge in [-0.3, -0.25) is 0 Å². The maximum Gasteiger partial charge on any atom is 0.192 e. The quantitative estimate of drug-likeness (QED) is 0.878. The lowest BCUT2D eigenvalue weighted by molar-refractivity contribution is -0.164. The second-order valence-electron chi connectivity index (χ2n) is 5.21. The number of hydrogen-bond acceptors (Lipinski definition) is 4. The molecule has 3 rings (SSSR count). The van der Waals surface area contributed by atoms with Crippen LogP contribution < -0.4 is 10.5 Å². The molecule has 0 bridgehead atoms. The van der Waals surface area contributed by atoms with Gasteiger partial charge in [0.25, 0.3) is 0 Å². The van der Waals surface area contributed by atoms with Crippen LogP contribution in [0.25, 0.3) is 0 Å². The minimum Gasteiger partial charge on any atom is -0.489 e. The standard InChI is InChI=1S/C17H19NO3/c1-17(13-7-3-2-4-8-13)20-12-14(21-17)11-19-16-10-6-5-9-15(16)18/h2-10,14H,11-12,18H2,1H3. The molecule has 0 aliphatic carbocycles. The first-order valence-electron chi connectivity index (χ1n) is 7.02. The van der Waals surface area contributed by atoms with Crippen molar-refractivity contribution in [3.05, 3.63) is 60.2 Å². The zero-order chi connectivity index (χ0) is 14.7. The molecular formula is C17H19NO3. The average Bonchev–Trinajstić information content (AvgIpc) is 2.90. The summed E-state index contributed by atoms with van der Waals surface area (Å²) in [6, 6.07) is 17.4. The summed E-state index contributed by atoms with van der Waals surface area (Å²) in [6.07, 6.45) is -0.116. The van der Waals surface area contributed by atoms with E-state index >= 15 is 0 Å². The molecule has 0 amide bonds. The summed E-state index contributed by atoms with van der Waals surface area (Å²) in [6.45, 7) is 2.84. The summed E-state index contributed by atoms with van der Waals surface area (Å²) in [7, 11) is 0. The number of para-hydroxylation sites is 2. The first-order valence-corrected chi connectivity index (χ1v) is 7.02. The highest BCUT2D eigenvalue weighted by molar-refractivity contribution is 5.51. The van der Waals surface area contributed by atoms with E-state index in [0.29, 0.717) is 24.7 Å². The minimum absolute atomic E-state index is 0.116. The fraction of sp³-hybridized carbons (Fsp3) is 0.294. The molecular weight excluding hydrogens is 266 g/mol. The van der Waals surface area contributed by atoms with Gasteiger partial charge < -0.3 is 19.9 Å². The molecule has 2 N–H and O–H groups in total. The van der Waals surface area contributed by atoms with E-state index in [2.05, 4.69) is 0 Å². The van der Waals surface area contributed by atoms with Gasteiger partial charge in [-0.2, -0.15) is 0 Å². The van der Waals surface area contributed by atoms with Crippen LogP contribution in [-0.4, -0.2) is 19.3 Å². The van der Waals surface area contributed by atoms with Crippen LogP contribution in [0.5, 0.6) is 5.75 Å². The number of nitrogen functional groups attached to an aromatic ring is 1. The van der Waals surface area contributed by atoms with Crippen molar-refractivity contribution in [2.75, 3.05) is 18.9 Å². The average molecular weight is 285 g/mol. The molecule has 2 unspecified atom stereocenters. The van der Waals surface area contributed by atoms with Gasteiger partial charge >= 0.3 is 0 Å². The van der Waals surface area contributed by atoms with E-state index in [9.17, 15) is 0 Å². The van der Waals surface area contributed by atoms with E-state index in [0.717, 1.165) is 5.56 Å². The molecule has 0 spiro atoms. The van der Waals surface area contributed by atoms with Crippen molar-refractivity contribution in [3.63, 3.8) is 0 Å². The fourth-order valence-electron chi connectivity index (χ4n) is 2.41. The Labute approximate surface area is 124 Å².